The molecule has 7 heteroatoms. The molecule has 3 N–H and O–H groups in total. The van der Waals surface area contributed by atoms with Crippen molar-refractivity contribution in [1.29, 1.82) is 0 Å². The zero-order valence-corrected chi connectivity index (χ0v) is 12.8. The summed E-state index contributed by atoms with van der Waals surface area (Å²) in [6.45, 7) is 5.62. The van der Waals surface area contributed by atoms with Gasteiger partial charge in [-0.25, -0.2) is 4.39 Å². The Morgan fingerprint density at radius 3 is 3.04 bits per heavy atom. The van der Waals surface area contributed by atoms with E-state index in [-0.39, 0.29) is 5.54 Å². The van der Waals surface area contributed by atoms with Crippen LogP contribution in [0.1, 0.15) is 6.92 Å². The van der Waals surface area contributed by atoms with E-state index in [1.807, 2.05) is 6.07 Å². The van der Waals surface area contributed by atoms with Crippen molar-refractivity contribution in [3.63, 3.8) is 0 Å². The van der Waals surface area contributed by atoms with Gasteiger partial charge >= 0.3 is 0 Å². The molecule has 0 bridgehead atoms. The van der Waals surface area contributed by atoms with E-state index < -0.39 is 11.6 Å². The Bertz CT molecular complexity index is 768. The minimum Gasteiger partial charge on any atom is -0.504 e. The highest BCUT2D eigenvalue weighted by molar-refractivity contribution is 5.77. The van der Waals surface area contributed by atoms with Crippen molar-refractivity contribution < 1.29 is 9.50 Å². The van der Waals surface area contributed by atoms with Crippen molar-refractivity contribution in [2.45, 2.75) is 12.5 Å². The average molecular weight is 315 g/mol. The van der Waals surface area contributed by atoms with Crippen molar-refractivity contribution in [2.75, 3.05) is 36.4 Å². The molecule has 0 amide bonds. The van der Waals surface area contributed by atoms with Gasteiger partial charge < -0.3 is 20.6 Å². The second kappa shape index (κ2) is 5.06. The topological polar surface area (TPSA) is 73.3 Å². The van der Waals surface area contributed by atoms with Crippen LogP contribution in [0.5, 0.6) is 5.75 Å². The summed E-state index contributed by atoms with van der Waals surface area (Å²) in [5.41, 5.74) is 1.71. The van der Waals surface area contributed by atoms with Gasteiger partial charge in [-0.2, -0.15) is 0 Å². The first kappa shape index (κ1) is 14.2. The number of aromatic nitrogens is 2. The van der Waals surface area contributed by atoms with Crippen LogP contribution < -0.4 is 15.5 Å². The smallest absolute Gasteiger partial charge is 0.172 e. The number of anilines is 2. The van der Waals surface area contributed by atoms with Gasteiger partial charge in [-0.05, 0) is 25.1 Å². The van der Waals surface area contributed by atoms with E-state index in [9.17, 15) is 9.50 Å². The number of halogens is 1. The Morgan fingerprint density at radius 1 is 1.30 bits per heavy atom. The van der Waals surface area contributed by atoms with Crippen LogP contribution in [0.2, 0.25) is 0 Å². The fourth-order valence-corrected chi connectivity index (χ4v) is 3.32. The third-order valence-corrected chi connectivity index (χ3v) is 4.63. The summed E-state index contributed by atoms with van der Waals surface area (Å²) < 4.78 is 13.6. The molecule has 2 aliphatic rings. The summed E-state index contributed by atoms with van der Waals surface area (Å²) in [6, 6.07) is 6.28. The van der Waals surface area contributed by atoms with Gasteiger partial charge in [0.1, 0.15) is 0 Å². The molecule has 3 heterocycles. The van der Waals surface area contributed by atoms with E-state index in [0.717, 1.165) is 37.7 Å². The second-order valence-corrected chi connectivity index (χ2v) is 6.28. The van der Waals surface area contributed by atoms with Crippen molar-refractivity contribution in [1.82, 2.24) is 15.5 Å². The van der Waals surface area contributed by atoms with E-state index in [0.29, 0.717) is 11.3 Å². The first-order valence-corrected chi connectivity index (χ1v) is 7.66. The summed E-state index contributed by atoms with van der Waals surface area (Å²) in [5, 5.41) is 25.1. The third-order valence-electron chi connectivity index (χ3n) is 4.63. The molecule has 4 rings (SSSR count). The summed E-state index contributed by atoms with van der Waals surface area (Å²) in [5.74, 6) is -0.329. The van der Waals surface area contributed by atoms with Gasteiger partial charge in [-0.3, -0.25) is 0 Å². The molecule has 0 spiro atoms. The van der Waals surface area contributed by atoms with Crippen molar-refractivity contribution in [3.05, 3.63) is 30.1 Å². The van der Waals surface area contributed by atoms with Crippen molar-refractivity contribution >= 4 is 11.5 Å². The molecule has 0 radical (unpaired) electrons. The van der Waals surface area contributed by atoms with E-state index in [2.05, 4.69) is 32.7 Å². The number of phenolic OH excluding ortho intramolecular Hbond substituents is 1. The molecule has 1 saturated heterocycles. The lowest BCUT2D eigenvalue weighted by Gasteiger charge is -2.50. The molecule has 1 fully saturated rings. The molecule has 120 valence electrons. The van der Waals surface area contributed by atoms with Crippen LogP contribution in [-0.2, 0) is 0 Å². The Morgan fingerprint density at radius 2 is 2.17 bits per heavy atom. The van der Waals surface area contributed by atoms with Crippen LogP contribution in [0, 0.1) is 5.82 Å². The first-order chi connectivity index (χ1) is 11.1. The van der Waals surface area contributed by atoms with Gasteiger partial charge in [0.2, 0.25) is 0 Å². The number of hydrogen-bond donors (Lipinski definition) is 3. The number of nitrogens with one attached hydrogen (secondary N) is 2. The number of aromatic hydroxyl groups is 1. The van der Waals surface area contributed by atoms with Gasteiger partial charge in [0.25, 0.3) is 0 Å². The number of hydrogen-bond acceptors (Lipinski definition) is 6. The van der Waals surface area contributed by atoms with Crippen LogP contribution in [-0.4, -0.2) is 47.0 Å². The summed E-state index contributed by atoms with van der Waals surface area (Å²) in [6.07, 6.45) is 0. The number of nitrogens with zero attached hydrogens (tertiary/aromatic N) is 3. The largest absolute Gasteiger partial charge is 0.504 e. The van der Waals surface area contributed by atoms with E-state index in [1.165, 1.54) is 6.07 Å². The minimum atomic E-state index is -0.660. The molecule has 0 saturated carbocycles. The van der Waals surface area contributed by atoms with Crippen LogP contribution in [0.25, 0.3) is 11.3 Å². The zero-order valence-electron chi connectivity index (χ0n) is 12.8. The summed E-state index contributed by atoms with van der Waals surface area (Å²) in [7, 11) is 0. The summed E-state index contributed by atoms with van der Waals surface area (Å²) in [4.78, 5) is 2.31. The molecule has 1 aromatic heterocycles. The maximum absolute atomic E-state index is 13.6. The SMILES string of the molecule is CC12CNCCN1c1cc(-c3cccc(F)c3O)nnc1NC2. The normalized spacial score (nSPS) is 23.0. The molecular weight excluding hydrogens is 297 g/mol. The second-order valence-electron chi connectivity index (χ2n) is 6.28. The number of phenols is 1. The molecule has 2 aliphatic heterocycles. The predicted octanol–water partition coefficient (Wildman–Crippen LogP) is 1.58. The maximum atomic E-state index is 13.6. The number of benzene rings is 1. The lowest BCUT2D eigenvalue weighted by atomic mass is 9.94. The van der Waals surface area contributed by atoms with Crippen molar-refractivity contribution in [3.8, 4) is 17.0 Å². The molecule has 1 atom stereocenters. The van der Waals surface area contributed by atoms with Crippen molar-refractivity contribution in [2.24, 2.45) is 0 Å². The zero-order chi connectivity index (χ0) is 16.0. The summed E-state index contributed by atoms with van der Waals surface area (Å²) >= 11 is 0. The lowest BCUT2D eigenvalue weighted by Crippen LogP contribution is -2.65. The standard InChI is InChI=1S/C16H18FN5O/c1-16-8-18-5-6-22(16)13-7-12(20-21-15(13)19-9-16)10-3-2-4-11(17)14(10)23/h2-4,7,18,23H,5-6,8-9H2,1H3,(H,19,21). The number of piperazine rings is 1. The van der Waals surface area contributed by atoms with E-state index in [1.54, 1.807) is 12.1 Å². The fourth-order valence-electron chi connectivity index (χ4n) is 3.32. The third kappa shape index (κ3) is 2.19. The molecular formula is C16H18FN5O. The Hall–Kier alpha value is -2.41. The number of para-hydroxylation sites is 1. The highest BCUT2D eigenvalue weighted by Crippen LogP contribution is 2.38. The van der Waals surface area contributed by atoms with Gasteiger partial charge in [0, 0.05) is 31.7 Å². The van der Waals surface area contributed by atoms with E-state index >= 15 is 0 Å². The average Bonchev–Trinajstić information content (AvgIpc) is 2.56. The minimum absolute atomic E-state index is 0.0461. The number of fused-ring (bicyclic) bond motifs is 3. The Labute approximate surface area is 133 Å². The predicted molar refractivity (Wildman–Crippen MR) is 86.2 cm³/mol. The van der Waals surface area contributed by atoms with Gasteiger partial charge in [0.05, 0.1) is 16.9 Å². The molecule has 6 nitrogen and oxygen atoms in total. The monoisotopic (exact) mass is 315 g/mol. The molecule has 1 aromatic carbocycles. The molecule has 1 unspecified atom stereocenters. The first-order valence-electron chi connectivity index (χ1n) is 7.66. The maximum Gasteiger partial charge on any atom is 0.172 e. The Kier molecular flexibility index (Phi) is 3.12. The van der Waals surface area contributed by atoms with Gasteiger partial charge in [-0.15, -0.1) is 10.2 Å². The van der Waals surface area contributed by atoms with Crippen LogP contribution in [0.4, 0.5) is 15.9 Å². The van der Waals surface area contributed by atoms with E-state index in [4.69, 9.17) is 0 Å². The number of rotatable bonds is 1. The highest BCUT2D eigenvalue weighted by atomic mass is 19.1. The Balaban J connectivity index is 1.82. The quantitative estimate of drug-likeness (QED) is 0.742. The van der Waals surface area contributed by atoms with Gasteiger partial charge in [-0.1, -0.05) is 6.07 Å². The lowest BCUT2D eigenvalue weighted by molar-refractivity contribution is 0.360. The van der Waals surface area contributed by atoms with Crippen LogP contribution >= 0.6 is 0 Å². The van der Waals surface area contributed by atoms with Crippen LogP contribution in [0.3, 0.4) is 0 Å². The van der Waals surface area contributed by atoms with Gasteiger partial charge in [0.15, 0.2) is 17.4 Å². The fraction of sp³-hybridized carbons (Fsp3) is 0.375. The highest BCUT2D eigenvalue weighted by Gasteiger charge is 2.39. The molecule has 23 heavy (non-hydrogen) atoms. The molecule has 2 aromatic rings. The molecule has 0 aliphatic carbocycles. The van der Waals surface area contributed by atoms with Crippen LogP contribution in [0.15, 0.2) is 24.3 Å².